The molecule has 0 aromatic heterocycles. The van der Waals surface area contributed by atoms with Crippen LogP contribution in [-0.2, 0) is 21.4 Å². The normalized spacial score (nSPS) is 15.1. The zero-order valence-corrected chi connectivity index (χ0v) is 23.2. The first-order valence-electron chi connectivity index (χ1n) is 11.3. The van der Waals surface area contributed by atoms with Gasteiger partial charge in [-0.05, 0) is 77.2 Å². The summed E-state index contributed by atoms with van der Waals surface area (Å²) in [5, 5.41) is 3.00. The maximum absolute atomic E-state index is 13.2. The molecule has 6 nitrogen and oxygen atoms in total. The van der Waals surface area contributed by atoms with Gasteiger partial charge in [0.15, 0.2) is 0 Å². The van der Waals surface area contributed by atoms with Crippen LogP contribution in [0.3, 0.4) is 0 Å². The van der Waals surface area contributed by atoms with Crippen LogP contribution in [0.5, 0.6) is 5.75 Å². The number of hydrogen-bond donors (Lipinski definition) is 1. The standard InChI is InChI=1S/C26H26Br2N2O4S/c1-18-7-10-23(24(15-18)34-17-19-5-3-2-4-6-19)29-26(31)20-11-13-30(14-12-20)35(32,33)25-16-21(27)8-9-22(25)28/h2-10,15-16,20H,11-14,17H2,1H3,(H,29,31). The van der Waals surface area contributed by atoms with E-state index in [0.717, 1.165) is 11.1 Å². The molecule has 1 heterocycles. The molecule has 1 aliphatic heterocycles. The molecule has 1 fully saturated rings. The third kappa shape index (κ3) is 6.33. The Labute approximate surface area is 223 Å². The van der Waals surface area contributed by atoms with E-state index in [-0.39, 0.29) is 29.8 Å². The summed E-state index contributed by atoms with van der Waals surface area (Å²) < 4.78 is 35.0. The molecule has 1 amide bonds. The number of sulfonamides is 1. The molecule has 35 heavy (non-hydrogen) atoms. The molecule has 0 atom stereocenters. The minimum Gasteiger partial charge on any atom is -0.487 e. The Morgan fingerprint density at radius 1 is 1.03 bits per heavy atom. The Bertz CT molecular complexity index is 1310. The van der Waals surface area contributed by atoms with Crippen molar-refractivity contribution in [2.45, 2.75) is 31.3 Å². The lowest BCUT2D eigenvalue weighted by Crippen LogP contribution is -2.41. The number of halogens is 2. The van der Waals surface area contributed by atoms with Crippen LogP contribution in [0.15, 0.2) is 80.6 Å². The fourth-order valence-electron chi connectivity index (χ4n) is 3.99. The van der Waals surface area contributed by atoms with Gasteiger partial charge in [0.2, 0.25) is 15.9 Å². The maximum atomic E-state index is 13.2. The van der Waals surface area contributed by atoms with Crippen LogP contribution >= 0.6 is 31.9 Å². The largest absolute Gasteiger partial charge is 0.487 e. The highest BCUT2D eigenvalue weighted by Crippen LogP contribution is 2.32. The van der Waals surface area contributed by atoms with E-state index in [9.17, 15) is 13.2 Å². The van der Waals surface area contributed by atoms with Crippen molar-refractivity contribution in [3.05, 3.63) is 86.8 Å². The summed E-state index contributed by atoms with van der Waals surface area (Å²) in [6, 6.07) is 20.6. The molecule has 0 saturated carbocycles. The average Bonchev–Trinajstić information content (AvgIpc) is 2.86. The topological polar surface area (TPSA) is 75.7 Å². The van der Waals surface area contributed by atoms with Crippen molar-refractivity contribution in [3.8, 4) is 5.75 Å². The van der Waals surface area contributed by atoms with Gasteiger partial charge in [-0.3, -0.25) is 4.79 Å². The fourth-order valence-corrected chi connectivity index (χ4v) is 6.93. The Kier molecular flexibility index (Phi) is 8.31. The van der Waals surface area contributed by atoms with E-state index in [0.29, 0.717) is 39.8 Å². The summed E-state index contributed by atoms with van der Waals surface area (Å²) in [7, 11) is -3.66. The molecular formula is C26H26Br2N2O4S. The number of carbonyl (C=O) groups excluding carboxylic acids is 1. The molecule has 1 aliphatic rings. The van der Waals surface area contributed by atoms with E-state index in [2.05, 4.69) is 37.2 Å². The number of nitrogens with one attached hydrogen (secondary N) is 1. The van der Waals surface area contributed by atoms with Crippen LogP contribution in [0.4, 0.5) is 5.69 Å². The van der Waals surface area contributed by atoms with Crippen LogP contribution in [0, 0.1) is 12.8 Å². The average molecular weight is 622 g/mol. The number of carbonyl (C=O) groups is 1. The lowest BCUT2D eigenvalue weighted by molar-refractivity contribution is -0.120. The van der Waals surface area contributed by atoms with Gasteiger partial charge in [0.25, 0.3) is 0 Å². The van der Waals surface area contributed by atoms with Gasteiger partial charge in [-0.1, -0.05) is 52.3 Å². The molecule has 0 unspecified atom stereocenters. The Balaban J connectivity index is 1.40. The summed E-state index contributed by atoms with van der Waals surface area (Å²) in [5.41, 5.74) is 2.69. The van der Waals surface area contributed by atoms with Gasteiger partial charge in [-0.25, -0.2) is 8.42 Å². The highest BCUT2D eigenvalue weighted by Gasteiger charge is 2.33. The van der Waals surface area contributed by atoms with Crippen LogP contribution in [0.1, 0.15) is 24.0 Å². The zero-order chi connectivity index (χ0) is 25.0. The lowest BCUT2D eigenvalue weighted by atomic mass is 9.97. The summed E-state index contributed by atoms with van der Waals surface area (Å²) in [6.07, 6.45) is 0.894. The third-order valence-electron chi connectivity index (χ3n) is 5.97. The SMILES string of the molecule is Cc1ccc(NC(=O)C2CCN(S(=O)(=O)c3cc(Br)ccc3Br)CC2)c(OCc2ccccc2)c1. The number of benzene rings is 3. The number of amides is 1. The van der Waals surface area contributed by atoms with Crippen molar-refractivity contribution in [1.29, 1.82) is 0 Å². The van der Waals surface area contributed by atoms with Crippen molar-refractivity contribution in [2.24, 2.45) is 5.92 Å². The van der Waals surface area contributed by atoms with Crippen molar-refractivity contribution in [3.63, 3.8) is 0 Å². The van der Waals surface area contributed by atoms with Crippen molar-refractivity contribution < 1.29 is 17.9 Å². The molecule has 1 saturated heterocycles. The Morgan fingerprint density at radius 2 is 1.74 bits per heavy atom. The van der Waals surface area contributed by atoms with Gasteiger partial charge in [-0.15, -0.1) is 0 Å². The van der Waals surface area contributed by atoms with Gasteiger partial charge in [-0.2, -0.15) is 4.31 Å². The quantitative estimate of drug-likeness (QED) is 0.344. The third-order valence-corrected chi connectivity index (χ3v) is 9.35. The fraction of sp³-hybridized carbons (Fsp3) is 0.269. The van der Waals surface area contributed by atoms with Crippen LogP contribution < -0.4 is 10.1 Å². The van der Waals surface area contributed by atoms with E-state index in [1.54, 1.807) is 18.2 Å². The molecule has 3 aromatic rings. The molecule has 0 bridgehead atoms. The van der Waals surface area contributed by atoms with Crippen LogP contribution in [-0.4, -0.2) is 31.7 Å². The van der Waals surface area contributed by atoms with Gasteiger partial charge in [0.1, 0.15) is 12.4 Å². The molecule has 0 aliphatic carbocycles. The van der Waals surface area contributed by atoms with Gasteiger partial charge >= 0.3 is 0 Å². The van der Waals surface area contributed by atoms with E-state index >= 15 is 0 Å². The molecule has 9 heteroatoms. The van der Waals surface area contributed by atoms with E-state index < -0.39 is 10.0 Å². The van der Waals surface area contributed by atoms with Gasteiger partial charge < -0.3 is 10.1 Å². The molecular weight excluding hydrogens is 596 g/mol. The zero-order valence-electron chi connectivity index (χ0n) is 19.2. The number of anilines is 1. The van der Waals surface area contributed by atoms with E-state index in [4.69, 9.17) is 4.74 Å². The smallest absolute Gasteiger partial charge is 0.244 e. The molecule has 1 N–H and O–H groups in total. The predicted octanol–water partition coefficient (Wildman–Crippen LogP) is 6.14. The number of rotatable bonds is 7. The van der Waals surface area contributed by atoms with Crippen molar-refractivity contribution in [2.75, 3.05) is 18.4 Å². The van der Waals surface area contributed by atoms with E-state index in [1.165, 1.54) is 4.31 Å². The molecule has 3 aromatic carbocycles. The second-order valence-electron chi connectivity index (χ2n) is 8.52. The molecule has 184 valence electrons. The first-order chi connectivity index (χ1) is 16.7. The first-order valence-corrected chi connectivity index (χ1v) is 14.3. The van der Waals surface area contributed by atoms with Crippen LogP contribution in [0.25, 0.3) is 0 Å². The second kappa shape index (κ2) is 11.2. The lowest BCUT2D eigenvalue weighted by Gasteiger charge is -2.31. The summed E-state index contributed by atoms with van der Waals surface area (Å²) >= 11 is 6.68. The molecule has 0 radical (unpaired) electrons. The predicted molar refractivity (Wildman–Crippen MR) is 144 cm³/mol. The molecule has 4 rings (SSSR count). The highest BCUT2D eigenvalue weighted by atomic mass is 79.9. The number of nitrogens with zero attached hydrogens (tertiary/aromatic N) is 1. The number of hydrogen-bond acceptors (Lipinski definition) is 4. The second-order valence-corrected chi connectivity index (χ2v) is 12.2. The number of aryl methyl sites for hydroxylation is 1. The van der Waals surface area contributed by atoms with Crippen molar-refractivity contribution in [1.82, 2.24) is 4.31 Å². The minimum absolute atomic E-state index is 0.126. The summed E-state index contributed by atoms with van der Waals surface area (Å²) in [5.74, 6) is 0.205. The number of ether oxygens (including phenoxy) is 1. The first kappa shape index (κ1) is 25.9. The van der Waals surface area contributed by atoms with Gasteiger partial charge in [0, 0.05) is 28.0 Å². The molecule has 0 spiro atoms. The minimum atomic E-state index is -3.66. The summed E-state index contributed by atoms with van der Waals surface area (Å²) in [6.45, 7) is 2.94. The monoisotopic (exact) mass is 620 g/mol. The summed E-state index contributed by atoms with van der Waals surface area (Å²) in [4.78, 5) is 13.3. The Hall–Kier alpha value is -2.20. The Morgan fingerprint density at radius 3 is 2.46 bits per heavy atom. The maximum Gasteiger partial charge on any atom is 0.244 e. The number of piperidine rings is 1. The highest BCUT2D eigenvalue weighted by molar-refractivity contribution is 9.11. The van der Waals surface area contributed by atoms with E-state index in [1.807, 2.05) is 55.5 Å². The van der Waals surface area contributed by atoms with Gasteiger partial charge in [0.05, 0.1) is 10.6 Å². The van der Waals surface area contributed by atoms with Crippen molar-refractivity contribution >= 4 is 53.5 Å². The van der Waals surface area contributed by atoms with Crippen LogP contribution in [0.2, 0.25) is 0 Å².